The highest BCUT2D eigenvalue weighted by Crippen LogP contribution is 2.25. The zero-order valence-corrected chi connectivity index (χ0v) is 12.6. The van der Waals surface area contributed by atoms with E-state index in [1.807, 2.05) is 29.6 Å². The van der Waals surface area contributed by atoms with Crippen molar-refractivity contribution >= 4 is 29.0 Å². The standard InChI is InChI=1S/C14H12N4OS2/c15-12(19)10-4-1-3-9(7-10)8-21-14-16-13(17-18-14)11-5-2-6-20-11/h1-7H,8H2,(H2,15,19)(H,16,17,18). The molecule has 106 valence electrons. The molecule has 0 spiro atoms. The smallest absolute Gasteiger partial charge is 0.248 e. The number of carbonyl (C=O) groups is 1. The first-order valence-corrected chi connectivity index (χ1v) is 8.07. The van der Waals surface area contributed by atoms with E-state index in [-0.39, 0.29) is 0 Å². The molecule has 2 heterocycles. The third-order valence-electron chi connectivity index (χ3n) is 2.80. The van der Waals surface area contributed by atoms with Crippen LogP contribution in [0.5, 0.6) is 0 Å². The maximum Gasteiger partial charge on any atom is 0.248 e. The van der Waals surface area contributed by atoms with Crippen LogP contribution in [0, 0.1) is 0 Å². The molecule has 1 aromatic carbocycles. The highest BCUT2D eigenvalue weighted by atomic mass is 32.2. The van der Waals surface area contributed by atoms with Crippen molar-refractivity contribution in [3.63, 3.8) is 0 Å². The molecule has 21 heavy (non-hydrogen) atoms. The lowest BCUT2D eigenvalue weighted by atomic mass is 10.1. The second-order valence-electron chi connectivity index (χ2n) is 4.30. The summed E-state index contributed by atoms with van der Waals surface area (Å²) in [6.45, 7) is 0. The third kappa shape index (κ3) is 3.32. The molecule has 5 nitrogen and oxygen atoms in total. The Morgan fingerprint density at radius 2 is 2.24 bits per heavy atom. The van der Waals surface area contributed by atoms with Crippen LogP contribution < -0.4 is 5.73 Å². The molecular formula is C14H12N4OS2. The van der Waals surface area contributed by atoms with E-state index in [0.29, 0.717) is 16.5 Å². The van der Waals surface area contributed by atoms with Crippen LogP contribution in [-0.2, 0) is 5.75 Å². The van der Waals surface area contributed by atoms with Crippen molar-refractivity contribution in [3.05, 3.63) is 52.9 Å². The van der Waals surface area contributed by atoms with Crippen LogP contribution in [0.25, 0.3) is 10.7 Å². The van der Waals surface area contributed by atoms with E-state index in [9.17, 15) is 4.79 Å². The Morgan fingerprint density at radius 3 is 3.00 bits per heavy atom. The fraction of sp³-hybridized carbons (Fsp3) is 0.0714. The van der Waals surface area contributed by atoms with Crippen molar-refractivity contribution in [2.75, 3.05) is 0 Å². The van der Waals surface area contributed by atoms with Gasteiger partial charge in [-0.3, -0.25) is 9.89 Å². The molecule has 0 aliphatic rings. The first-order chi connectivity index (χ1) is 10.2. The molecule has 0 aliphatic carbocycles. The van der Waals surface area contributed by atoms with Crippen molar-refractivity contribution < 1.29 is 4.79 Å². The van der Waals surface area contributed by atoms with Crippen LogP contribution in [0.15, 0.2) is 46.9 Å². The van der Waals surface area contributed by atoms with Crippen molar-refractivity contribution in [3.8, 4) is 10.7 Å². The second kappa shape index (κ2) is 6.11. The lowest BCUT2D eigenvalue weighted by molar-refractivity contribution is 0.1000. The summed E-state index contributed by atoms with van der Waals surface area (Å²) >= 11 is 3.13. The molecule has 7 heteroatoms. The van der Waals surface area contributed by atoms with Crippen LogP contribution in [0.4, 0.5) is 0 Å². The van der Waals surface area contributed by atoms with Crippen molar-refractivity contribution in [2.24, 2.45) is 5.73 Å². The summed E-state index contributed by atoms with van der Waals surface area (Å²) in [5.41, 5.74) is 6.80. The van der Waals surface area contributed by atoms with Gasteiger partial charge in [0.1, 0.15) is 0 Å². The molecule has 0 radical (unpaired) electrons. The van der Waals surface area contributed by atoms with E-state index < -0.39 is 5.91 Å². The number of thioether (sulfide) groups is 1. The third-order valence-corrected chi connectivity index (χ3v) is 4.59. The Kier molecular flexibility index (Phi) is 4.03. The number of benzene rings is 1. The van der Waals surface area contributed by atoms with Crippen LogP contribution in [0.3, 0.4) is 0 Å². The van der Waals surface area contributed by atoms with Gasteiger partial charge in [-0.15, -0.1) is 16.4 Å². The molecular weight excluding hydrogens is 304 g/mol. The molecule has 0 aliphatic heterocycles. The maximum atomic E-state index is 11.1. The molecule has 0 atom stereocenters. The monoisotopic (exact) mass is 316 g/mol. The molecule has 0 saturated carbocycles. The number of hydrogen-bond donors (Lipinski definition) is 2. The fourth-order valence-electron chi connectivity index (χ4n) is 1.80. The molecule has 3 N–H and O–H groups in total. The summed E-state index contributed by atoms with van der Waals surface area (Å²) in [5, 5.41) is 9.80. The van der Waals surface area contributed by atoms with Gasteiger partial charge in [0.05, 0.1) is 4.88 Å². The number of aromatic nitrogens is 3. The predicted molar refractivity (Wildman–Crippen MR) is 84.2 cm³/mol. The first kappa shape index (κ1) is 13.8. The van der Waals surface area contributed by atoms with Crippen molar-refractivity contribution in [1.29, 1.82) is 0 Å². The Labute approximate surface area is 129 Å². The Hall–Kier alpha value is -2.12. The topological polar surface area (TPSA) is 84.7 Å². The average molecular weight is 316 g/mol. The molecule has 0 bridgehead atoms. The zero-order chi connectivity index (χ0) is 14.7. The Morgan fingerprint density at radius 1 is 1.33 bits per heavy atom. The summed E-state index contributed by atoms with van der Waals surface area (Å²) in [5.74, 6) is 1.04. The summed E-state index contributed by atoms with van der Waals surface area (Å²) in [7, 11) is 0. The molecule has 1 amide bonds. The number of H-pyrrole nitrogens is 1. The minimum Gasteiger partial charge on any atom is -0.366 e. The van der Waals surface area contributed by atoms with Gasteiger partial charge >= 0.3 is 0 Å². The van der Waals surface area contributed by atoms with Gasteiger partial charge in [-0.25, -0.2) is 4.98 Å². The minimum absolute atomic E-state index is 0.417. The van der Waals surface area contributed by atoms with Gasteiger partial charge in [0.25, 0.3) is 0 Å². The maximum absolute atomic E-state index is 11.1. The minimum atomic E-state index is -0.417. The number of nitrogens with two attached hydrogens (primary N) is 1. The number of nitrogens with one attached hydrogen (secondary N) is 1. The molecule has 3 rings (SSSR count). The van der Waals surface area contributed by atoms with Crippen LogP contribution in [-0.4, -0.2) is 21.1 Å². The number of amides is 1. The van der Waals surface area contributed by atoms with Gasteiger partial charge < -0.3 is 5.73 Å². The second-order valence-corrected chi connectivity index (χ2v) is 6.19. The average Bonchev–Trinajstić information content (AvgIpc) is 3.16. The number of primary amides is 1. The predicted octanol–water partition coefficient (Wildman–Crippen LogP) is 2.92. The number of rotatable bonds is 5. The zero-order valence-electron chi connectivity index (χ0n) is 10.9. The first-order valence-electron chi connectivity index (χ1n) is 6.20. The van der Waals surface area contributed by atoms with E-state index in [0.717, 1.165) is 16.3 Å². The summed E-state index contributed by atoms with van der Waals surface area (Å²) in [4.78, 5) is 16.6. The van der Waals surface area contributed by atoms with E-state index in [1.165, 1.54) is 11.8 Å². The molecule has 0 unspecified atom stereocenters. The highest BCUT2D eigenvalue weighted by molar-refractivity contribution is 7.98. The van der Waals surface area contributed by atoms with E-state index >= 15 is 0 Å². The molecule has 3 aromatic rings. The van der Waals surface area contributed by atoms with E-state index in [4.69, 9.17) is 5.73 Å². The van der Waals surface area contributed by atoms with Crippen LogP contribution >= 0.6 is 23.1 Å². The van der Waals surface area contributed by atoms with Gasteiger partial charge in [0.15, 0.2) is 5.82 Å². The van der Waals surface area contributed by atoms with Crippen LogP contribution in [0.1, 0.15) is 15.9 Å². The number of nitrogens with zero attached hydrogens (tertiary/aromatic N) is 2. The normalized spacial score (nSPS) is 10.7. The van der Waals surface area contributed by atoms with E-state index in [2.05, 4.69) is 15.2 Å². The summed E-state index contributed by atoms with van der Waals surface area (Å²) in [6.07, 6.45) is 0. The highest BCUT2D eigenvalue weighted by Gasteiger charge is 2.08. The lowest BCUT2D eigenvalue weighted by Crippen LogP contribution is -2.10. The SMILES string of the molecule is NC(=O)c1cccc(CSc2n[nH]c(-c3cccs3)n2)c1. The number of hydrogen-bond acceptors (Lipinski definition) is 5. The van der Waals surface area contributed by atoms with Gasteiger partial charge in [0, 0.05) is 11.3 Å². The number of thiophene rings is 1. The fourth-order valence-corrected chi connectivity index (χ4v) is 3.20. The molecule has 0 saturated heterocycles. The molecule has 2 aromatic heterocycles. The van der Waals surface area contributed by atoms with Crippen molar-refractivity contribution in [2.45, 2.75) is 10.9 Å². The van der Waals surface area contributed by atoms with E-state index in [1.54, 1.807) is 23.5 Å². The van der Waals surface area contributed by atoms with Crippen molar-refractivity contribution in [1.82, 2.24) is 15.2 Å². The number of aromatic amines is 1. The Balaban J connectivity index is 1.68. The van der Waals surface area contributed by atoms with Gasteiger partial charge in [0.2, 0.25) is 11.1 Å². The van der Waals surface area contributed by atoms with Gasteiger partial charge in [-0.1, -0.05) is 30.0 Å². The summed E-state index contributed by atoms with van der Waals surface area (Å²) < 4.78 is 0. The van der Waals surface area contributed by atoms with Gasteiger partial charge in [-0.2, -0.15) is 0 Å². The largest absolute Gasteiger partial charge is 0.366 e. The van der Waals surface area contributed by atoms with Gasteiger partial charge in [-0.05, 0) is 29.1 Å². The lowest BCUT2D eigenvalue weighted by Gasteiger charge is -2.00. The summed E-state index contributed by atoms with van der Waals surface area (Å²) in [6, 6.07) is 11.2. The van der Waals surface area contributed by atoms with Crippen LogP contribution in [0.2, 0.25) is 0 Å². The molecule has 0 fully saturated rings. The Bertz CT molecular complexity index is 752. The quantitative estimate of drug-likeness (QED) is 0.709. The number of carbonyl (C=O) groups excluding carboxylic acids is 1.